The van der Waals surface area contributed by atoms with E-state index in [1.165, 1.54) is 12.3 Å². The summed E-state index contributed by atoms with van der Waals surface area (Å²) in [5.74, 6) is -2.12. The lowest BCUT2D eigenvalue weighted by atomic mass is 10.2. The number of halogens is 2. The smallest absolute Gasteiger partial charge is 0.275 e. The highest BCUT2D eigenvalue weighted by atomic mass is 35.5. The van der Waals surface area contributed by atoms with Crippen LogP contribution in [0.4, 0.5) is 10.1 Å². The molecule has 1 aromatic carbocycles. The highest BCUT2D eigenvalue weighted by Gasteiger charge is 2.13. The molecule has 2 amide bonds. The lowest BCUT2D eigenvalue weighted by Crippen LogP contribution is -2.16. The zero-order valence-electron chi connectivity index (χ0n) is 9.93. The van der Waals surface area contributed by atoms with Crippen LogP contribution in [0.2, 0.25) is 5.15 Å². The molecule has 1 heterocycles. The Hall–Kier alpha value is -2.54. The van der Waals surface area contributed by atoms with E-state index in [0.717, 1.165) is 18.3 Å². The van der Waals surface area contributed by atoms with Crippen molar-refractivity contribution in [2.45, 2.75) is 0 Å². The van der Waals surface area contributed by atoms with E-state index < -0.39 is 17.6 Å². The number of rotatable bonds is 3. The van der Waals surface area contributed by atoms with Crippen LogP contribution in [0.15, 0.2) is 30.6 Å². The molecule has 3 N–H and O–H groups in total. The highest BCUT2D eigenvalue weighted by molar-refractivity contribution is 6.29. The van der Waals surface area contributed by atoms with Gasteiger partial charge in [0.25, 0.3) is 5.91 Å². The Morgan fingerprint density at radius 2 is 2.00 bits per heavy atom. The minimum Gasteiger partial charge on any atom is -0.366 e. The maximum Gasteiger partial charge on any atom is 0.275 e. The summed E-state index contributed by atoms with van der Waals surface area (Å²) in [6.07, 6.45) is 2.33. The number of anilines is 1. The van der Waals surface area contributed by atoms with Crippen molar-refractivity contribution in [3.8, 4) is 0 Å². The average molecular weight is 295 g/mol. The number of primary amides is 1. The number of aromatic nitrogens is 2. The van der Waals surface area contributed by atoms with E-state index in [0.29, 0.717) is 0 Å². The second-order valence-corrected chi connectivity index (χ2v) is 4.12. The molecule has 0 bridgehead atoms. The first-order chi connectivity index (χ1) is 9.47. The molecular weight excluding hydrogens is 287 g/mol. The molecule has 20 heavy (non-hydrogen) atoms. The van der Waals surface area contributed by atoms with E-state index in [1.54, 1.807) is 0 Å². The molecule has 0 aliphatic carbocycles. The molecule has 0 aliphatic rings. The average Bonchev–Trinajstić information content (AvgIpc) is 2.41. The fraction of sp³-hybridized carbons (Fsp3) is 0. The normalized spacial score (nSPS) is 10.1. The van der Waals surface area contributed by atoms with Crippen LogP contribution in [0.3, 0.4) is 0 Å². The Kier molecular flexibility index (Phi) is 3.90. The largest absolute Gasteiger partial charge is 0.366 e. The Bertz CT molecular complexity index is 676. The van der Waals surface area contributed by atoms with Crippen LogP contribution in [0.5, 0.6) is 0 Å². The molecule has 0 radical (unpaired) electrons. The van der Waals surface area contributed by atoms with Gasteiger partial charge in [-0.05, 0) is 18.2 Å². The van der Waals surface area contributed by atoms with Crippen LogP contribution in [0, 0.1) is 5.82 Å². The molecule has 0 spiro atoms. The van der Waals surface area contributed by atoms with E-state index in [2.05, 4.69) is 15.3 Å². The summed E-state index contributed by atoms with van der Waals surface area (Å²) in [4.78, 5) is 30.3. The fourth-order valence-electron chi connectivity index (χ4n) is 1.39. The van der Waals surface area contributed by atoms with Crippen LogP contribution >= 0.6 is 11.6 Å². The first-order valence-corrected chi connectivity index (χ1v) is 5.73. The van der Waals surface area contributed by atoms with E-state index >= 15 is 0 Å². The van der Waals surface area contributed by atoms with Crippen molar-refractivity contribution in [2.24, 2.45) is 5.73 Å². The summed E-state index contributed by atoms with van der Waals surface area (Å²) >= 11 is 5.54. The quantitative estimate of drug-likeness (QED) is 0.898. The molecule has 1 aromatic heterocycles. The van der Waals surface area contributed by atoms with Crippen LogP contribution in [-0.4, -0.2) is 21.8 Å². The van der Waals surface area contributed by atoms with Gasteiger partial charge in [0.1, 0.15) is 16.7 Å². The molecule has 0 aliphatic heterocycles. The Morgan fingerprint density at radius 1 is 1.25 bits per heavy atom. The molecule has 102 valence electrons. The van der Waals surface area contributed by atoms with Crippen molar-refractivity contribution in [2.75, 3.05) is 5.32 Å². The maximum absolute atomic E-state index is 13.5. The third-order valence-corrected chi connectivity index (χ3v) is 2.55. The van der Waals surface area contributed by atoms with Gasteiger partial charge < -0.3 is 11.1 Å². The summed E-state index contributed by atoms with van der Waals surface area (Å²) in [6, 6.07) is 3.39. The molecule has 8 heteroatoms. The summed E-state index contributed by atoms with van der Waals surface area (Å²) < 4.78 is 13.5. The predicted molar refractivity (Wildman–Crippen MR) is 69.9 cm³/mol. The van der Waals surface area contributed by atoms with Gasteiger partial charge in [-0.25, -0.2) is 14.4 Å². The Balaban J connectivity index is 2.25. The van der Waals surface area contributed by atoms with Crippen LogP contribution in [0.1, 0.15) is 20.8 Å². The first-order valence-electron chi connectivity index (χ1n) is 5.35. The van der Waals surface area contributed by atoms with Crippen LogP contribution < -0.4 is 11.1 Å². The number of nitrogens with zero attached hydrogens (tertiary/aromatic N) is 2. The van der Waals surface area contributed by atoms with Gasteiger partial charge in [0, 0.05) is 5.56 Å². The monoisotopic (exact) mass is 294 g/mol. The summed E-state index contributed by atoms with van der Waals surface area (Å²) in [5, 5.41) is 2.40. The number of hydrogen-bond acceptors (Lipinski definition) is 4. The number of carbonyl (C=O) groups is 2. The molecule has 0 saturated carbocycles. The summed E-state index contributed by atoms with van der Waals surface area (Å²) in [7, 11) is 0. The van der Waals surface area contributed by atoms with Crippen molar-refractivity contribution < 1.29 is 14.0 Å². The van der Waals surface area contributed by atoms with Gasteiger partial charge in [-0.2, -0.15) is 0 Å². The molecule has 0 atom stereocenters. The summed E-state index contributed by atoms with van der Waals surface area (Å²) in [6.45, 7) is 0. The second-order valence-electron chi connectivity index (χ2n) is 3.74. The molecule has 0 fully saturated rings. The van der Waals surface area contributed by atoms with E-state index in [1.807, 2.05) is 0 Å². The molecule has 2 aromatic rings. The number of benzene rings is 1. The SMILES string of the molecule is NC(=O)c1ccc(F)c(NC(=O)c2cnc(Cl)cn2)c1. The minimum atomic E-state index is -0.730. The van der Waals surface area contributed by atoms with Gasteiger partial charge in [-0.1, -0.05) is 11.6 Å². The van der Waals surface area contributed by atoms with Gasteiger partial charge in [0.2, 0.25) is 5.91 Å². The van der Waals surface area contributed by atoms with Gasteiger partial charge in [0.15, 0.2) is 0 Å². The molecule has 0 unspecified atom stereocenters. The summed E-state index contributed by atoms with van der Waals surface area (Å²) in [5.41, 5.74) is 4.93. The predicted octanol–water partition coefficient (Wildman–Crippen LogP) is 1.62. The lowest BCUT2D eigenvalue weighted by molar-refractivity contribution is 0.0995. The molecule has 0 saturated heterocycles. The van der Waals surface area contributed by atoms with Crippen molar-refractivity contribution in [3.05, 3.63) is 52.8 Å². The second kappa shape index (κ2) is 5.62. The number of nitrogens with two attached hydrogens (primary N) is 1. The zero-order chi connectivity index (χ0) is 14.7. The van der Waals surface area contributed by atoms with Crippen molar-refractivity contribution >= 4 is 29.1 Å². The standard InChI is InChI=1S/C12H8ClFN4O2/c13-10-5-16-9(4-17-10)12(20)18-8-3-6(11(15)19)1-2-7(8)14/h1-5H,(H2,15,19)(H,18,20). The topological polar surface area (TPSA) is 98.0 Å². The van der Waals surface area contributed by atoms with E-state index in [9.17, 15) is 14.0 Å². The Labute approximate surface area is 117 Å². The number of nitrogens with one attached hydrogen (secondary N) is 1. The number of hydrogen-bond donors (Lipinski definition) is 2. The van der Waals surface area contributed by atoms with Crippen LogP contribution in [0.25, 0.3) is 0 Å². The van der Waals surface area contributed by atoms with Crippen molar-refractivity contribution in [3.63, 3.8) is 0 Å². The number of amides is 2. The Morgan fingerprint density at radius 3 is 2.60 bits per heavy atom. The van der Waals surface area contributed by atoms with Crippen molar-refractivity contribution in [1.29, 1.82) is 0 Å². The first kappa shape index (κ1) is 13.9. The molecule has 6 nitrogen and oxygen atoms in total. The molecule has 2 rings (SSSR count). The minimum absolute atomic E-state index is 0.0433. The zero-order valence-corrected chi connectivity index (χ0v) is 10.7. The van der Waals surface area contributed by atoms with E-state index in [-0.39, 0.29) is 22.1 Å². The third kappa shape index (κ3) is 3.07. The van der Waals surface area contributed by atoms with Gasteiger partial charge in [-0.3, -0.25) is 9.59 Å². The maximum atomic E-state index is 13.5. The molecular formula is C12H8ClFN4O2. The van der Waals surface area contributed by atoms with Crippen molar-refractivity contribution in [1.82, 2.24) is 9.97 Å². The highest BCUT2D eigenvalue weighted by Crippen LogP contribution is 2.16. The van der Waals surface area contributed by atoms with Gasteiger partial charge in [-0.15, -0.1) is 0 Å². The van der Waals surface area contributed by atoms with Gasteiger partial charge >= 0.3 is 0 Å². The fourth-order valence-corrected chi connectivity index (χ4v) is 1.49. The van der Waals surface area contributed by atoms with E-state index in [4.69, 9.17) is 17.3 Å². The number of carbonyl (C=O) groups excluding carboxylic acids is 2. The third-order valence-electron chi connectivity index (χ3n) is 2.35. The van der Waals surface area contributed by atoms with Crippen LogP contribution in [-0.2, 0) is 0 Å². The van der Waals surface area contributed by atoms with Gasteiger partial charge in [0.05, 0.1) is 18.1 Å². The lowest BCUT2D eigenvalue weighted by Gasteiger charge is -2.07.